The minimum absolute atomic E-state index is 0.258. The average molecular weight is 550 g/mol. The van der Waals surface area contributed by atoms with Crippen LogP contribution in [-0.4, -0.2) is 81.2 Å². The molecule has 206 valence electrons. The molecule has 1 saturated carbocycles. The fraction of sp³-hybridized carbons (Fsp3) is 0.517. The van der Waals surface area contributed by atoms with Crippen LogP contribution in [-0.2, 0) is 27.6 Å². The summed E-state index contributed by atoms with van der Waals surface area (Å²) < 4.78 is 39.8. The SMILES string of the molecule is COc1cc(S(=O)(=O)N2CCC(N3CCOCC3)CC2)ccc1Cc1cc(NC2CC2)c2c(n1)CC=C2C#N. The van der Waals surface area contributed by atoms with Crippen LogP contribution in [0.1, 0.15) is 48.2 Å². The summed E-state index contributed by atoms with van der Waals surface area (Å²) in [5.41, 5.74) is 5.20. The van der Waals surface area contributed by atoms with Gasteiger partial charge < -0.3 is 14.8 Å². The number of sulfonamides is 1. The van der Waals surface area contributed by atoms with Gasteiger partial charge in [0.25, 0.3) is 0 Å². The maximum Gasteiger partial charge on any atom is 0.243 e. The first-order valence-electron chi connectivity index (χ1n) is 13.8. The molecule has 2 aliphatic heterocycles. The summed E-state index contributed by atoms with van der Waals surface area (Å²) in [5.74, 6) is 0.536. The summed E-state index contributed by atoms with van der Waals surface area (Å²) in [6.07, 6.45) is 7.00. The molecule has 4 aliphatic rings. The smallest absolute Gasteiger partial charge is 0.243 e. The Bertz CT molecular complexity index is 1420. The first-order chi connectivity index (χ1) is 19.0. The van der Waals surface area contributed by atoms with Gasteiger partial charge in [-0.05, 0) is 37.8 Å². The van der Waals surface area contributed by atoms with Gasteiger partial charge in [-0.15, -0.1) is 0 Å². The Morgan fingerprint density at radius 3 is 2.59 bits per heavy atom. The third-order valence-corrected chi connectivity index (χ3v) is 10.1. The number of anilines is 1. The van der Waals surface area contributed by atoms with Gasteiger partial charge in [0.1, 0.15) is 5.75 Å². The highest BCUT2D eigenvalue weighted by Crippen LogP contribution is 2.37. The third-order valence-electron chi connectivity index (χ3n) is 8.23. The Hall–Kier alpha value is -2.97. The normalized spacial score (nSPS) is 20.8. The molecule has 0 radical (unpaired) electrons. The van der Waals surface area contributed by atoms with Crippen LogP contribution in [0.25, 0.3) is 5.57 Å². The zero-order valence-corrected chi connectivity index (χ0v) is 23.2. The van der Waals surface area contributed by atoms with Crippen molar-refractivity contribution in [1.29, 1.82) is 5.26 Å². The molecule has 0 bridgehead atoms. The summed E-state index contributed by atoms with van der Waals surface area (Å²) in [5, 5.41) is 13.1. The van der Waals surface area contributed by atoms with Gasteiger partial charge in [0.05, 0.1) is 42.6 Å². The standard InChI is InChI=1S/C29H35N5O4S/c1-37-28-18-25(39(35,36)34-10-8-24(9-11-34)33-12-14-38-15-13-33)6-2-20(28)16-23-17-27(31-22-4-5-22)29-21(19-30)3-7-26(29)32-23/h2-3,6,17-18,22,24H,4-5,7-16H2,1H3,(H,31,32). The van der Waals surface area contributed by atoms with E-state index in [-0.39, 0.29) is 4.90 Å². The Labute approximate surface area is 230 Å². The van der Waals surface area contributed by atoms with Crippen molar-refractivity contribution >= 4 is 21.3 Å². The summed E-state index contributed by atoms with van der Waals surface area (Å²) in [4.78, 5) is 7.55. The van der Waals surface area contributed by atoms with Crippen molar-refractivity contribution in [2.75, 3.05) is 51.8 Å². The molecule has 1 N–H and O–H groups in total. The Balaban J connectivity index is 1.19. The second-order valence-corrected chi connectivity index (χ2v) is 12.7. The van der Waals surface area contributed by atoms with Crippen molar-refractivity contribution in [3.8, 4) is 11.8 Å². The minimum atomic E-state index is -3.62. The van der Waals surface area contributed by atoms with Gasteiger partial charge in [0.2, 0.25) is 10.0 Å². The van der Waals surface area contributed by atoms with Gasteiger partial charge in [0.15, 0.2) is 0 Å². The number of nitrogens with one attached hydrogen (secondary N) is 1. The van der Waals surface area contributed by atoms with Crippen molar-refractivity contribution in [3.05, 3.63) is 52.9 Å². The molecule has 10 heteroatoms. The van der Waals surface area contributed by atoms with E-state index in [1.165, 1.54) is 0 Å². The van der Waals surface area contributed by atoms with Crippen LogP contribution in [0.2, 0.25) is 0 Å². The number of methoxy groups -OCH3 is 1. The van der Waals surface area contributed by atoms with Crippen LogP contribution in [0.15, 0.2) is 35.2 Å². The number of ether oxygens (including phenoxy) is 2. The lowest BCUT2D eigenvalue weighted by atomic mass is 10.0. The molecule has 3 fully saturated rings. The molecule has 0 spiro atoms. The predicted octanol–water partition coefficient (Wildman–Crippen LogP) is 3.20. The van der Waals surface area contributed by atoms with Crippen molar-refractivity contribution in [2.45, 2.75) is 55.5 Å². The molecule has 2 aliphatic carbocycles. The number of piperidine rings is 1. The molecule has 2 aromatic rings. The lowest BCUT2D eigenvalue weighted by Gasteiger charge is -2.39. The number of nitriles is 1. The Kier molecular flexibility index (Phi) is 7.33. The molecule has 6 rings (SSSR count). The van der Waals surface area contributed by atoms with E-state index in [0.29, 0.717) is 49.3 Å². The van der Waals surface area contributed by atoms with E-state index >= 15 is 0 Å². The van der Waals surface area contributed by atoms with E-state index in [1.54, 1.807) is 23.5 Å². The van der Waals surface area contributed by atoms with E-state index in [2.05, 4.69) is 16.3 Å². The highest BCUT2D eigenvalue weighted by Gasteiger charge is 2.33. The molecular formula is C29H35N5O4S. The number of hydrogen-bond donors (Lipinski definition) is 1. The lowest BCUT2D eigenvalue weighted by Crippen LogP contribution is -2.50. The zero-order valence-electron chi connectivity index (χ0n) is 22.4. The predicted molar refractivity (Wildman–Crippen MR) is 148 cm³/mol. The first kappa shape index (κ1) is 26.3. The number of hydrogen-bond acceptors (Lipinski definition) is 8. The maximum absolute atomic E-state index is 13.5. The van der Waals surface area contributed by atoms with Gasteiger partial charge in [0, 0.05) is 79.7 Å². The second-order valence-electron chi connectivity index (χ2n) is 10.8. The zero-order chi connectivity index (χ0) is 27.0. The monoisotopic (exact) mass is 549 g/mol. The average Bonchev–Trinajstić information content (AvgIpc) is 3.69. The molecule has 0 atom stereocenters. The topological polar surface area (TPSA) is 108 Å². The second kappa shape index (κ2) is 10.9. The van der Waals surface area contributed by atoms with Crippen LogP contribution in [0.4, 0.5) is 5.69 Å². The molecule has 39 heavy (non-hydrogen) atoms. The van der Waals surface area contributed by atoms with Gasteiger partial charge in [-0.1, -0.05) is 12.1 Å². The number of morpholine rings is 1. The van der Waals surface area contributed by atoms with Gasteiger partial charge in [-0.2, -0.15) is 9.57 Å². The fourth-order valence-corrected chi connectivity index (χ4v) is 7.41. The minimum Gasteiger partial charge on any atom is -0.496 e. The van der Waals surface area contributed by atoms with E-state index < -0.39 is 10.0 Å². The largest absolute Gasteiger partial charge is 0.496 e. The molecule has 1 aromatic carbocycles. The van der Waals surface area contributed by atoms with E-state index in [9.17, 15) is 13.7 Å². The Morgan fingerprint density at radius 2 is 1.90 bits per heavy atom. The van der Waals surface area contributed by atoms with Crippen LogP contribution in [0.3, 0.4) is 0 Å². The molecule has 0 unspecified atom stereocenters. The van der Waals surface area contributed by atoms with Crippen LogP contribution < -0.4 is 10.1 Å². The number of fused-ring (bicyclic) bond motifs is 1. The number of nitrogens with zero attached hydrogens (tertiary/aromatic N) is 4. The van der Waals surface area contributed by atoms with E-state index in [0.717, 1.165) is 80.2 Å². The molecular weight excluding hydrogens is 514 g/mol. The lowest BCUT2D eigenvalue weighted by molar-refractivity contribution is 0.00610. The number of aromatic nitrogens is 1. The highest BCUT2D eigenvalue weighted by atomic mass is 32.2. The number of pyridine rings is 1. The first-order valence-corrected chi connectivity index (χ1v) is 15.3. The fourth-order valence-electron chi connectivity index (χ4n) is 5.92. The highest BCUT2D eigenvalue weighted by molar-refractivity contribution is 7.89. The van der Waals surface area contributed by atoms with Gasteiger partial charge in [-0.3, -0.25) is 9.88 Å². The molecule has 9 nitrogen and oxygen atoms in total. The summed E-state index contributed by atoms with van der Waals surface area (Å²) >= 11 is 0. The maximum atomic E-state index is 13.5. The van der Waals surface area contributed by atoms with Gasteiger partial charge >= 0.3 is 0 Å². The quantitative estimate of drug-likeness (QED) is 0.535. The molecule has 2 saturated heterocycles. The van der Waals surface area contributed by atoms with E-state index in [4.69, 9.17) is 14.5 Å². The van der Waals surface area contributed by atoms with Crippen LogP contribution in [0.5, 0.6) is 5.75 Å². The molecule has 1 aromatic heterocycles. The number of benzene rings is 1. The number of allylic oxidation sites excluding steroid dienone is 2. The number of rotatable bonds is 8. The van der Waals surface area contributed by atoms with E-state index in [1.807, 2.05) is 18.2 Å². The Morgan fingerprint density at radius 1 is 1.13 bits per heavy atom. The molecule has 0 amide bonds. The molecule has 3 heterocycles. The van der Waals surface area contributed by atoms with Crippen molar-refractivity contribution in [1.82, 2.24) is 14.2 Å². The summed E-state index contributed by atoms with van der Waals surface area (Å²) in [6, 6.07) is 10.4. The van der Waals surface area contributed by atoms with Crippen molar-refractivity contribution < 1.29 is 17.9 Å². The van der Waals surface area contributed by atoms with Gasteiger partial charge in [-0.25, -0.2) is 8.42 Å². The van der Waals surface area contributed by atoms with Crippen LogP contribution in [0, 0.1) is 11.3 Å². The third kappa shape index (κ3) is 5.41. The van der Waals surface area contributed by atoms with Crippen molar-refractivity contribution in [3.63, 3.8) is 0 Å². The van der Waals surface area contributed by atoms with Crippen molar-refractivity contribution in [2.24, 2.45) is 0 Å². The summed E-state index contributed by atoms with van der Waals surface area (Å²) in [6.45, 7) is 4.38. The summed E-state index contributed by atoms with van der Waals surface area (Å²) in [7, 11) is -2.05. The van der Waals surface area contributed by atoms with Crippen LogP contribution >= 0.6 is 0 Å².